The minimum atomic E-state index is -0.407. The van der Waals surface area contributed by atoms with Crippen LogP contribution < -0.4 is 4.74 Å². The molecule has 50 heavy (non-hydrogen) atoms. The van der Waals surface area contributed by atoms with Crippen LogP contribution in [0.4, 0.5) is 0 Å². The van der Waals surface area contributed by atoms with Gasteiger partial charge in [0, 0.05) is 45.8 Å². The number of benzene rings is 5. The summed E-state index contributed by atoms with van der Waals surface area (Å²) in [5.74, 6) is 2.32. The molecule has 0 bridgehead atoms. The lowest BCUT2D eigenvalue weighted by atomic mass is 9.61. The highest BCUT2D eigenvalue weighted by Crippen LogP contribution is 2.64. The average Bonchev–Trinajstić information content (AvgIpc) is 3.49. The topological polar surface area (TPSA) is 35.0 Å². The number of allylic oxidation sites excluding steroid dienone is 4. The van der Waals surface area contributed by atoms with Gasteiger partial charge in [-0.15, -0.1) is 0 Å². The van der Waals surface area contributed by atoms with E-state index >= 15 is 0 Å². The molecule has 3 heterocycles. The maximum absolute atomic E-state index is 6.73. The molecule has 3 aliphatic rings. The fraction of sp³-hybridized carbons (Fsp3) is 0.0638. The Bertz CT molecular complexity index is 2420. The van der Waals surface area contributed by atoms with Crippen LogP contribution in [0.15, 0.2) is 182 Å². The maximum atomic E-state index is 6.73. The van der Waals surface area contributed by atoms with Gasteiger partial charge in [-0.3, -0.25) is 4.98 Å². The number of pyridine rings is 2. The second-order valence-corrected chi connectivity index (χ2v) is 13.3. The average molecular weight is 641 g/mol. The summed E-state index contributed by atoms with van der Waals surface area (Å²) in [5, 5.41) is 0. The predicted molar refractivity (Wildman–Crippen MR) is 201 cm³/mol. The first-order chi connectivity index (χ1) is 24.8. The Balaban J connectivity index is 1.20. The molecule has 3 heteroatoms. The Kier molecular flexibility index (Phi) is 6.53. The van der Waals surface area contributed by atoms with Gasteiger partial charge >= 0.3 is 0 Å². The second kappa shape index (κ2) is 11.4. The molecule has 0 amide bonds. The standard InChI is InChI=1S/C47H32N2O/c1-2-14-31(15-3-1)43-29-33(42-23-12-13-27-48-42)30-44(49-43)37-19-5-4-16-34(37)32-25-26-46-41(28-32)47(40-22-10-11-24-45(40)50-46)38-20-8-6-17-35(38)36-18-7-9-21-39(36)47/h1-30,35,38H. The third-order valence-electron chi connectivity index (χ3n) is 10.7. The fourth-order valence-corrected chi connectivity index (χ4v) is 8.60. The van der Waals surface area contributed by atoms with E-state index in [9.17, 15) is 0 Å². The van der Waals surface area contributed by atoms with Gasteiger partial charge in [0.15, 0.2) is 0 Å². The third-order valence-corrected chi connectivity index (χ3v) is 10.7. The second-order valence-electron chi connectivity index (χ2n) is 13.3. The number of nitrogens with zero attached hydrogens (tertiary/aromatic N) is 2. The van der Waals surface area contributed by atoms with Gasteiger partial charge in [-0.1, -0.05) is 133 Å². The summed E-state index contributed by atoms with van der Waals surface area (Å²) in [6, 6.07) is 53.7. The van der Waals surface area contributed by atoms with Crippen LogP contribution in [0.2, 0.25) is 0 Å². The molecular formula is C47H32N2O. The minimum absolute atomic E-state index is 0.212. The van der Waals surface area contributed by atoms with Crippen molar-refractivity contribution < 1.29 is 4.74 Å². The Morgan fingerprint density at radius 3 is 2.08 bits per heavy atom. The quantitative estimate of drug-likeness (QED) is 0.192. The van der Waals surface area contributed by atoms with Crippen molar-refractivity contribution in [2.45, 2.75) is 11.3 Å². The van der Waals surface area contributed by atoms with Crippen molar-refractivity contribution >= 4 is 0 Å². The summed E-state index contributed by atoms with van der Waals surface area (Å²) in [6.45, 7) is 0. The number of rotatable bonds is 4. The molecule has 1 aliphatic heterocycles. The first kappa shape index (κ1) is 28.7. The van der Waals surface area contributed by atoms with Crippen LogP contribution in [0.5, 0.6) is 11.5 Å². The number of hydrogen-bond donors (Lipinski definition) is 0. The number of para-hydroxylation sites is 1. The van der Waals surface area contributed by atoms with E-state index in [1.54, 1.807) is 0 Å². The van der Waals surface area contributed by atoms with Crippen LogP contribution in [0, 0.1) is 5.92 Å². The van der Waals surface area contributed by atoms with Crippen molar-refractivity contribution in [2.24, 2.45) is 5.92 Å². The van der Waals surface area contributed by atoms with E-state index in [2.05, 4.69) is 158 Å². The molecule has 5 aromatic carbocycles. The monoisotopic (exact) mass is 640 g/mol. The molecule has 0 N–H and O–H groups in total. The summed E-state index contributed by atoms with van der Waals surface area (Å²) < 4.78 is 6.73. The third kappa shape index (κ3) is 4.30. The molecule has 3 atom stereocenters. The van der Waals surface area contributed by atoms with E-state index in [1.807, 2.05) is 24.4 Å². The van der Waals surface area contributed by atoms with Gasteiger partial charge in [0.2, 0.25) is 0 Å². The Morgan fingerprint density at radius 1 is 0.480 bits per heavy atom. The van der Waals surface area contributed by atoms with Crippen molar-refractivity contribution in [1.29, 1.82) is 0 Å². The number of aromatic nitrogens is 2. The summed E-state index contributed by atoms with van der Waals surface area (Å²) in [7, 11) is 0. The van der Waals surface area contributed by atoms with Crippen molar-refractivity contribution in [3.63, 3.8) is 0 Å². The highest BCUT2D eigenvalue weighted by Gasteiger charge is 2.56. The Hall–Kier alpha value is -6.32. The van der Waals surface area contributed by atoms with Crippen molar-refractivity contribution in [3.8, 4) is 56.4 Å². The zero-order valence-corrected chi connectivity index (χ0v) is 27.3. The Morgan fingerprint density at radius 2 is 1.20 bits per heavy atom. The van der Waals surface area contributed by atoms with E-state index in [4.69, 9.17) is 14.7 Å². The van der Waals surface area contributed by atoms with Crippen LogP contribution in [-0.2, 0) is 5.41 Å². The predicted octanol–water partition coefficient (Wildman–Crippen LogP) is 11.4. The molecule has 10 rings (SSSR count). The van der Waals surface area contributed by atoms with E-state index in [1.165, 1.54) is 22.3 Å². The number of fused-ring (bicyclic) bond motifs is 9. The van der Waals surface area contributed by atoms with Crippen molar-refractivity contribution in [2.75, 3.05) is 0 Å². The number of ether oxygens (including phenoxy) is 1. The zero-order valence-electron chi connectivity index (χ0n) is 27.3. The van der Waals surface area contributed by atoms with E-state index < -0.39 is 5.41 Å². The molecule has 0 saturated heterocycles. The minimum Gasteiger partial charge on any atom is -0.457 e. The molecule has 3 nitrogen and oxygen atoms in total. The lowest BCUT2D eigenvalue weighted by Crippen LogP contribution is -2.37. The highest BCUT2D eigenvalue weighted by atomic mass is 16.5. The summed E-state index contributed by atoms with van der Waals surface area (Å²) >= 11 is 0. The van der Waals surface area contributed by atoms with Crippen LogP contribution in [0.25, 0.3) is 44.9 Å². The van der Waals surface area contributed by atoms with Crippen LogP contribution >= 0.6 is 0 Å². The van der Waals surface area contributed by atoms with Gasteiger partial charge in [-0.2, -0.15) is 0 Å². The van der Waals surface area contributed by atoms with Gasteiger partial charge in [0.1, 0.15) is 11.5 Å². The van der Waals surface area contributed by atoms with Crippen molar-refractivity contribution in [1.82, 2.24) is 9.97 Å². The lowest BCUT2D eigenvalue weighted by molar-refractivity contribution is 0.374. The molecular weight excluding hydrogens is 609 g/mol. The molecule has 0 fully saturated rings. The molecule has 3 unspecified atom stereocenters. The molecule has 0 saturated carbocycles. The summed E-state index contributed by atoms with van der Waals surface area (Å²) in [4.78, 5) is 9.99. The molecule has 2 aliphatic carbocycles. The van der Waals surface area contributed by atoms with E-state index in [-0.39, 0.29) is 11.8 Å². The van der Waals surface area contributed by atoms with Crippen LogP contribution in [0.1, 0.15) is 28.2 Å². The molecule has 7 aromatic rings. The molecule has 2 aromatic heterocycles. The van der Waals surface area contributed by atoms with Crippen LogP contribution in [-0.4, -0.2) is 9.97 Å². The Labute approximate surface area is 291 Å². The van der Waals surface area contributed by atoms with Crippen molar-refractivity contribution in [3.05, 3.63) is 204 Å². The first-order valence-electron chi connectivity index (χ1n) is 17.2. The van der Waals surface area contributed by atoms with E-state index in [0.29, 0.717) is 0 Å². The summed E-state index contributed by atoms with van der Waals surface area (Å²) in [5.41, 5.74) is 12.9. The van der Waals surface area contributed by atoms with Gasteiger partial charge in [-0.25, -0.2) is 4.98 Å². The highest BCUT2D eigenvalue weighted by molar-refractivity contribution is 5.86. The molecule has 0 radical (unpaired) electrons. The lowest BCUT2D eigenvalue weighted by Gasteiger charge is -2.43. The zero-order chi connectivity index (χ0) is 33.1. The first-order valence-corrected chi connectivity index (χ1v) is 17.2. The summed E-state index contributed by atoms with van der Waals surface area (Å²) in [6.07, 6.45) is 11.1. The maximum Gasteiger partial charge on any atom is 0.131 e. The van der Waals surface area contributed by atoms with E-state index in [0.717, 1.165) is 56.4 Å². The smallest absolute Gasteiger partial charge is 0.131 e. The number of hydrogen-bond acceptors (Lipinski definition) is 3. The SMILES string of the molecule is C1=CC2c3ccccc3C3(c4ccccc4Oc4ccc(-c5ccccc5-c5cc(-c6ccccn6)cc(-c6ccccc6)n5)cc43)C2C=C1. The van der Waals surface area contributed by atoms with Gasteiger partial charge in [0.05, 0.1) is 22.5 Å². The largest absolute Gasteiger partial charge is 0.457 e. The normalized spacial score (nSPS) is 19.3. The molecule has 1 spiro atoms. The van der Waals surface area contributed by atoms with Gasteiger partial charge in [0.25, 0.3) is 0 Å². The van der Waals surface area contributed by atoms with Gasteiger partial charge in [-0.05, 0) is 64.7 Å². The molecule has 236 valence electrons. The van der Waals surface area contributed by atoms with Crippen LogP contribution in [0.3, 0.4) is 0 Å². The van der Waals surface area contributed by atoms with Gasteiger partial charge < -0.3 is 4.74 Å². The fourth-order valence-electron chi connectivity index (χ4n) is 8.60.